The second-order valence-corrected chi connectivity index (χ2v) is 9.59. The molecular formula is C29H36O12. The van der Waals surface area contributed by atoms with Gasteiger partial charge in [0.05, 0.1) is 34.4 Å². The lowest BCUT2D eigenvalue weighted by molar-refractivity contribution is -0.452. The van der Waals surface area contributed by atoms with E-state index in [2.05, 4.69) is 29.6 Å². The zero-order chi connectivity index (χ0) is 31.0. The van der Waals surface area contributed by atoms with Gasteiger partial charge in [-0.15, -0.1) is 0 Å². The number of ether oxygens (including phenoxy) is 2. The number of carbonyl (C=O) groups is 4. The fourth-order valence-electron chi connectivity index (χ4n) is 4.27. The lowest BCUT2D eigenvalue weighted by atomic mass is 9.90. The minimum Gasteiger partial charge on any atom is -0.432 e. The number of benzene rings is 2. The van der Waals surface area contributed by atoms with Gasteiger partial charge in [0, 0.05) is 6.42 Å². The van der Waals surface area contributed by atoms with Crippen molar-refractivity contribution < 1.29 is 58.3 Å². The van der Waals surface area contributed by atoms with Crippen molar-refractivity contribution >= 4 is 24.2 Å². The van der Waals surface area contributed by atoms with Crippen molar-refractivity contribution in [3.8, 4) is 0 Å². The van der Waals surface area contributed by atoms with Crippen LogP contribution in [0.5, 0.6) is 0 Å². The molecule has 0 aliphatic rings. The molecule has 0 aliphatic carbocycles. The average Bonchev–Trinajstić information content (AvgIpc) is 2.92. The van der Waals surface area contributed by atoms with Crippen LogP contribution >= 0.6 is 0 Å². The summed E-state index contributed by atoms with van der Waals surface area (Å²) in [6, 6.07) is 0. The number of hydrogen-bond acceptors (Lipinski definition) is 12. The van der Waals surface area contributed by atoms with Gasteiger partial charge in [-0.1, -0.05) is 0 Å². The Morgan fingerprint density at radius 1 is 0.415 bits per heavy atom. The van der Waals surface area contributed by atoms with Crippen molar-refractivity contribution in [2.75, 3.05) is 13.2 Å². The van der Waals surface area contributed by atoms with Crippen LogP contribution in [0, 0.1) is 69.2 Å². The van der Waals surface area contributed by atoms with E-state index in [1.807, 2.05) is 41.5 Å². The van der Waals surface area contributed by atoms with Gasteiger partial charge in [-0.2, -0.15) is 0 Å². The van der Waals surface area contributed by atoms with Gasteiger partial charge in [0.1, 0.15) is 0 Å². The summed E-state index contributed by atoms with van der Waals surface area (Å²) in [7, 11) is 0. The summed E-state index contributed by atoms with van der Waals surface area (Å²) in [4.78, 5) is 65.8. The van der Waals surface area contributed by atoms with Crippen LogP contribution in [-0.4, -0.2) is 37.5 Å². The molecule has 0 unspecified atom stereocenters. The zero-order valence-electron chi connectivity index (χ0n) is 25.0. The molecule has 0 spiro atoms. The van der Waals surface area contributed by atoms with Crippen molar-refractivity contribution in [2.24, 2.45) is 0 Å². The van der Waals surface area contributed by atoms with E-state index in [1.165, 1.54) is 0 Å². The second kappa shape index (κ2) is 14.5. The smallest absolute Gasteiger partial charge is 0.432 e. The lowest BCUT2D eigenvalue weighted by Gasteiger charge is -2.16. The predicted octanol–water partition coefficient (Wildman–Crippen LogP) is 6.17. The summed E-state index contributed by atoms with van der Waals surface area (Å²) >= 11 is 0. The van der Waals surface area contributed by atoms with Crippen LogP contribution in [0.4, 0.5) is 9.59 Å². The van der Waals surface area contributed by atoms with Crippen molar-refractivity contribution in [1.29, 1.82) is 0 Å². The van der Waals surface area contributed by atoms with E-state index in [0.29, 0.717) is 11.1 Å². The van der Waals surface area contributed by atoms with E-state index in [4.69, 9.17) is 9.47 Å². The predicted molar refractivity (Wildman–Crippen MR) is 143 cm³/mol. The molecule has 0 bridgehead atoms. The topological polar surface area (TPSA) is 142 Å². The van der Waals surface area contributed by atoms with Gasteiger partial charge in [0.25, 0.3) is 0 Å². The number of hydrogen-bond donors (Lipinski definition) is 0. The summed E-state index contributed by atoms with van der Waals surface area (Å²) in [5.74, 6) is -1.65. The Kier molecular flexibility index (Phi) is 11.7. The van der Waals surface area contributed by atoms with Gasteiger partial charge in [-0.25, -0.2) is 29.0 Å². The van der Waals surface area contributed by atoms with E-state index in [0.717, 1.165) is 55.6 Å². The fourth-order valence-corrected chi connectivity index (χ4v) is 4.27. The van der Waals surface area contributed by atoms with Crippen LogP contribution in [0.1, 0.15) is 82.8 Å². The van der Waals surface area contributed by atoms with Crippen LogP contribution in [0.3, 0.4) is 0 Å². The molecule has 2 aromatic rings. The maximum Gasteiger partial charge on any atom is 0.543 e. The highest BCUT2D eigenvalue weighted by Crippen LogP contribution is 2.28. The Hall–Kier alpha value is -4.16. The second-order valence-electron chi connectivity index (χ2n) is 9.59. The molecule has 0 radical (unpaired) electrons. The molecule has 12 nitrogen and oxygen atoms in total. The van der Waals surface area contributed by atoms with Crippen LogP contribution in [0.15, 0.2) is 0 Å². The molecule has 0 saturated carbocycles. The monoisotopic (exact) mass is 576 g/mol. The summed E-state index contributed by atoms with van der Waals surface area (Å²) in [5.41, 5.74) is 9.44. The minimum atomic E-state index is -1.28. The molecule has 0 amide bonds. The summed E-state index contributed by atoms with van der Waals surface area (Å²) in [6.07, 6.45) is -2.52. The van der Waals surface area contributed by atoms with Gasteiger partial charge in [0.2, 0.25) is 0 Å². The first-order chi connectivity index (χ1) is 19.2. The Morgan fingerprint density at radius 3 is 0.976 bits per heavy atom. The number of carbonyl (C=O) groups excluding carboxylic acids is 4. The van der Waals surface area contributed by atoms with Crippen LogP contribution < -0.4 is 0 Å². The van der Waals surface area contributed by atoms with E-state index < -0.39 is 24.2 Å². The third kappa shape index (κ3) is 7.95. The van der Waals surface area contributed by atoms with E-state index in [-0.39, 0.29) is 19.6 Å². The van der Waals surface area contributed by atoms with E-state index in [1.54, 1.807) is 27.7 Å². The quantitative estimate of drug-likeness (QED) is 0.138. The average molecular weight is 577 g/mol. The van der Waals surface area contributed by atoms with Crippen LogP contribution in [-0.2, 0) is 39.1 Å². The van der Waals surface area contributed by atoms with Crippen LogP contribution in [0.2, 0.25) is 0 Å². The third-order valence-corrected chi connectivity index (χ3v) is 7.56. The summed E-state index contributed by atoms with van der Waals surface area (Å²) in [6.45, 7) is 18.2. The fraction of sp³-hybridized carbons (Fsp3) is 0.448. The molecule has 2 aromatic carbocycles. The van der Waals surface area contributed by atoms with Gasteiger partial charge in [-0.05, 0) is 125 Å². The molecule has 0 heterocycles. The SMILES string of the molecule is Cc1c(C)c(C)c(C(=O)OOOC(=O)OCCCOC(=O)OOOC(=O)c2c(C)c(C)c(C)c(C)c2C)c(C)c1C. The Balaban J connectivity index is 1.65. The minimum absolute atomic E-state index is 0.0460. The molecule has 0 N–H and O–H groups in total. The largest absolute Gasteiger partial charge is 0.543 e. The first kappa shape index (κ1) is 33.0. The van der Waals surface area contributed by atoms with E-state index in [9.17, 15) is 19.2 Å². The van der Waals surface area contributed by atoms with Gasteiger partial charge < -0.3 is 9.47 Å². The van der Waals surface area contributed by atoms with Crippen molar-refractivity contribution in [3.63, 3.8) is 0 Å². The molecular weight excluding hydrogens is 540 g/mol. The maximum atomic E-state index is 12.4. The van der Waals surface area contributed by atoms with Gasteiger partial charge >= 0.3 is 24.2 Å². The highest BCUT2D eigenvalue weighted by molar-refractivity contribution is 5.94. The Morgan fingerprint density at radius 2 is 0.683 bits per heavy atom. The molecule has 0 aromatic heterocycles. The van der Waals surface area contributed by atoms with Crippen molar-refractivity contribution in [2.45, 2.75) is 75.7 Å². The van der Waals surface area contributed by atoms with Crippen molar-refractivity contribution in [3.05, 3.63) is 66.8 Å². The molecule has 12 heteroatoms. The molecule has 0 saturated heterocycles. The highest BCUT2D eigenvalue weighted by Gasteiger charge is 2.23. The summed E-state index contributed by atoms with van der Waals surface area (Å²) < 4.78 is 9.43. The molecule has 41 heavy (non-hydrogen) atoms. The first-order valence-corrected chi connectivity index (χ1v) is 12.8. The molecule has 0 atom stereocenters. The first-order valence-electron chi connectivity index (χ1n) is 12.8. The third-order valence-electron chi connectivity index (χ3n) is 7.56. The molecule has 2 rings (SSSR count). The lowest BCUT2D eigenvalue weighted by Crippen LogP contribution is -2.17. The van der Waals surface area contributed by atoms with Gasteiger partial charge in [0.15, 0.2) is 0 Å². The zero-order valence-corrected chi connectivity index (χ0v) is 25.0. The highest BCUT2D eigenvalue weighted by atomic mass is 17.5. The Labute approximate surface area is 238 Å². The van der Waals surface area contributed by atoms with Crippen LogP contribution in [0.25, 0.3) is 0 Å². The number of rotatable bonds is 10. The molecule has 0 fully saturated rings. The van der Waals surface area contributed by atoms with Gasteiger partial charge in [-0.3, -0.25) is 9.78 Å². The maximum absolute atomic E-state index is 12.4. The molecule has 224 valence electrons. The van der Waals surface area contributed by atoms with E-state index >= 15 is 0 Å². The summed E-state index contributed by atoms with van der Waals surface area (Å²) in [5, 5.41) is 8.54. The Bertz CT molecular complexity index is 1180. The normalized spacial score (nSPS) is 10.6. The van der Waals surface area contributed by atoms with Crippen molar-refractivity contribution in [1.82, 2.24) is 0 Å². The molecule has 0 aliphatic heterocycles. The standard InChI is InChI=1S/C29H36O12/c1-14-16(3)20(7)24(21(8)17(14)4)26(30)36-40-38-28(32)34-12-11-13-35-29(33)39-41-37-27(31)25-22(9)18(5)15(2)19(6)23(25)10/h11-13H2,1-10H3.